The lowest BCUT2D eigenvalue weighted by Gasteiger charge is -2.29. The zero-order valence-corrected chi connectivity index (χ0v) is 14.8. The van der Waals surface area contributed by atoms with E-state index >= 15 is 0 Å². The van der Waals surface area contributed by atoms with Crippen LogP contribution in [0.4, 0.5) is 5.82 Å². The SMILES string of the molecule is CCNc1nc(C2SCCSC2CC)nc(C)c1Br. The van der Waals surface area contributed by atoms with Gasteiger partial charge in [0, 0.05) is 23.3 Å². The van der Waals surface area contributed by atoms with E-state index in [-0.39, 0.29) is 0 Å². The smallest absolute Gasteiger partial charge is 0.145 e. The first kappa shape index (κ1) is 15.4. The summed E-state index contributed by atoms with van der Waals surface area (Å²) >= 11 is 7.64. The van der Waals surface area contributed by atoms with Gasteiger partial charge in [0.2, 0.25) is 0 Å². The summed E-state index contributed by atoms with van der Waals surface area (Å²) in [6.45, 7) is 7.26. The molecule has 0 aromatic carbocycles. The lowest BCUT2D eigenvalue weighted by atomic mass is 10.2. The summed E-state index contributed by atoms with van der Waals surface area (Å²) in [6.07, 6.45) is 1.18. The van der Waals surface area contributed by atoms with Crippen LogP contribution in [0.15, 0.2) is 4.47 Å². The van der Waals surface area contributed by atoms with Crippen LogP contribution < -0.4 is 5.32 Å². The Bertz CT molecular complexity index is 442. The number of hydrogen-bond acceptors (Lipinski definition) is 5. The number of nitrogens with zero attached hydrogens (tertiary/aromatic N) is 2. The van der Waals surface area contributed by atoms with Crippen molar-refractivity contribution in [1.82, 2.24) is 9.97 Å². The highest BCUT2D eigenvalue weighted by atomic mass is 79.9. The summed E-state index contributed by atoms with van der Waals surface area (Å²) in [5.74, 6) is 4.35. The summed E-state index contributed by atoms with van der Waals surface area (Å²) in [5, 5.41) is 4.37. The van der Waals surface area contributed by atoms with Crippen LogP contribution in [0.5, 0.6) is 0 Å². The summed E-state index contributed by atoms with van der Waals surface area (Å²) < 4.78 is 0.986. The standard InChI is InChI=1S/C13H20BrN3S2/c1-4-9-11(19-7-6-18-9)13-16-8(3)10(14)12(17-13)15-5-2/h9,11H,4-7H2,1-3H3,(H,15,16,17). The molecule has 1 aliphatic rings. The molecular weight excluding hydrogens is 342 g/mol. The third-order valence-corrected chi connectivity index (χ3v) is 7.28. The molecule has 1 aliphatic heterocycles. The van der Waals surface area contributed by atoms with E-state index in [2.05, 4.69) is 46.9 Å². The van der Waals surface area contributed by atoms with E-state index in [4.69, 9.17) is 9.97 Å². The minimum atomic E-state index is 0.424. The molecule has 19 heavy (non-hydrogen) atoms. The normalized spacial score (nSPS) is 23.4. The van der Waals surface area contributed by atoms with E-state index in [0.717, 1.165) is 28.4 Å². The zero-order chi connectivity index (χ0) is 13.8. The van der Waals surface area contributed by atoms with Gasteiger partial charge in [-0.3, -0.25) is 0 Å². The first-order valence-corrected chi connectivity index (χ1v) is 9.57. The molecule has 0 bridgehead atoms. The summed E-state index contributed by atoms with van der Waals surface area (Å²) in [5.41, 5.74) is 1.02. The second-order valence-electron chi connectivity index (χ2n) is 4.47. The first-order chi connectivity index (χ1) is 9.17. The van der Waals surface area contributed by atoms with Gasteiger partial charge >= 0.3 is 0 Å². The molecule has 106 valence electrons. The second kappa shape index (κ2) is 7.18. The highest BCUT2D eigenvalue weighted by Gasteiger charge is 2.29. The third kappa shape index (κ3) is 3.58. The fraction of sp³-hybridized carbons (Fsp3) is 0.692. The molecule has 1 aromatic rings. The maximum Gasteiger partial charge on any atom is 0.145 e. The Hall–Kier alpha value is 0.0600. The van der Waals surface area contributed by atoms with Crippen molar-refractivity contribution < 1.29 is 0 Å². The minimum Gasteiger partial charge on any atom is -0.369 e. The van der Waals surface area contributed by atoms with Crippen LogP contribution >= 0.6 is 39.5 Å². The van der Waals surface area contributed by atoms with Crippen LogP contribution in [0.1, 0.15) is 37.0 Å². The molecule has 1 aromatic heterocycles. The molecule has 3 nitrogen and oxygen atoms in total. The Labute approximate surface area is 132 Å². The van der Waals surface area contributed by atoms with E-state index < -0.39 is 0 Å². The molecule has 1 fully saturated rings. The highest BCUT2D eigenvalue weighted by molar-refractivity contribution is 9.10. The van der Waals surface area contributed by atoms with Gasteiger partial charge in [0.1, 0.15) is 11.6 Å². The van der Waals surface area contributed by atoms with Crippen LogP contribution in [0.2, 0.25) is 0 Å². The van der Waals surface area contributed by atoms with Crippen molar-refractivity contribution >= 4 is 45.3 Å². The number of aryl methyl sites for hydroxylation is 1. The lowest BCUT2D eigenvalue weighted by Crippen LogP contribution is -2.21. The van der Waals surface area contributed by atoms with Gasteiger partial charge < -0.3 is 5.32 Å². The molecule has 2 rings (SSSR count). The third-order valence-electron chi connectivity index (χ3n) is 3.09. The number of anilines is 1. The Kier molecular flexibility index (Phi) is 5.84. The Morgan fingerprint density at radius 2 is 2.00 bits per heavy atom. The van der Waals surface area contributed by atoms with Crippen molar-refractivity contribution in [3.05, 3.63) is 16.0 Å². The highest BCUT2D eigenvalue weighted by Crippen LogP contribution is 2.43. The van der Waals surface area contributed by atoms with E-state index in [9.17, 15) is 0 Å². The van der Waals surface area contributed by atoms with Crippen LogP contribution in [0.25, 0.3) is 0 Å². The maximum atomic E-state index is 4.74. The fourth-order valence-electron chi connectivity index (χ4n) is 2.13. The molecule has 1 N–H and O–H groups in total. The molecule has 2 unspecified atom stereocenters. The molecule has 0 saturated carbocycles. The minimum absolute atomic E-state index is 0.424. The number of rotatable bonds is 4. The van der Waals surface area contributed by atoms with Crippen LogP contribution in [0.3, 0.4) is 0 Å². The van der Waals surface area contributed by atoms with Gasteiger partial charge in [0.05, 0.1) is 15.4 Å². The Morgan fingerprint density at radius 3 is 2.68 bits per heavy atom. The number of aromatic nitrogens is 2. The quantitative estimate of drug-likeness (QED) is 0.865. The van der Waals surface area contributed by atoms with Gasteiger partial charge in [-0.05, 0) is 36.2 Å². The van der Waals surface area contributed by atoms with Gasteiger partial charge in [-0.25, -0.2) is 9.97 Å². The topological polar surface area (TPSA) is 37.8 Å². The lowest BCUT2D eigenvalue weighted by molar-refractivity contribution is 0.744. The number of halogens is 1. The van der Waals surface area contributed by atoms with E-state index in [1.807, 2.05) is 18.7 Å². The molecule has 1 saturated heterocycles. The largest absolute Gasteiger partial charge is 0.369 e. The first-order valence-electron chi connectivity index (χ1n) is 6.68. The molecular formula is C13H20BrN3S2. The molecule has 2 heterocycles. The predicted octanol–water partition coefficient (Wildman–Crippen LogP) is 4.28. The second-order valence-corrected chi connectivity index (χ2v) is 7.86. The summed E-state index contributed by atoms with van der Waals surface area (Å²) in [7, 11) is 0. The molecule has 0 amide bonds. The molecule has 6 heteroatoms. The monoisotopic (exact) mass is 361 g/mol. The fourth-order valence-corrected chi connectivity index (χ4v) is 5.44. The van der Waals surface area contributed by atoms with Gasteiger partial charge in [-0.1, -0.05) is 6.92 Å². The van der Waals surface area contributed by atoms with Crippen molar-refractivity contribution in [2.24, 2.45) is 0 Å². The van der Waals surface area contributed by atoms with Crippen molar-refractivity contribution in [3.8, 4) is 0 Å². The maximum absolute atomic E-state index is 4.74. The summed E-state index contributed by atoms with van der Waals surface area (Å²) in [4.78, 5) is 9.45. The Balaban J connectivity index is 2.32. The zero-order valence-electron chi connectivity index (χ0n) is 11.6. The van der Waals surface area contributed by atoms with Crippen LogP contribution in [-0.4, -0.2) is 33.3 Å². The van der Waals surface area contributed by atoms with Crippen molar-refractivity contribution in [1.29, 1.82) is 0 Å². The number of nitrogens with one attached hydrogen (secondary N) is 1. The van der Waals surface area contributed by atoms with Gasteiger partial charge in [0.25, 0.3) is 0 Å². The van der Waals surface area contributed by atoms with Crippen molar-refractivity contribution in [3.63, 3.8) is 0 Å². The van der Waals surface area contributed by atoms with Crippen molar-refractivity contribution in [2.75, 3.05) is 23.4 Å². The van der Waals surface area contributed by atoms with E-state index in [1.165, 1.54) is 17.9 Å². The molecule has 0 aliphatic carbocycles. The average molecular weight is 362 g/mol. The van der Waals surface area contributed by atoms with Gasteiger partial charge in [-0.2, -0.15) is 11.8 Å². The van der Waals surface area contributed by atoms with Crippen LogP contribution in [-0.2, 0) is 0 Å². The molecule has 0 spiro atoms. The van der Waals surface area contributed by atoms with Gasteiger partial charge in [-0.15, -0.1) is 11.8 Å². The summed E-state index contributed by atoms with van der Waals surface area (Å²) in [6, 6.07) is 0. The Morgan fingerprint density at radius 1 is 1.26 bits per heavy atom. The van der Waals surface area contributed by atoms with Crippen LogP contribution in [0, 0.1) is 6.92 Å². The molecule has 0 radical (unpaired) electrons. The number of thioether (sulfide) groups is 2. The predicted molar refractivity (Wildman–Crippen MR) is 90.4 cm³/mol. The number of hydrogen-bond donors (Lipinski definition) is 1. The average Bonchev–Trinajstić information content (AvgIpc) is 2.43. The van der Waals surface area contributed by atoms with E-state index in [0.29, 0.717) is 10.5 Å². The van der Waals surface area contributed by atoms with Crippen molar-refractivity contribution in [2.45, 2.75) is 37.7 Å². The van der Waals surface area contributed by atoms with Gasteiger partial charge in [0.15, 0.2) is 0 Å². The van der Waals surface area contributed by atoms with E-state index in [1.54, 1.807) is 0 Å². The molecule has 2 atom stereocenters.